The lowest BCUT2D eigenvalue weighted by Crippen LogP contribution is -2.38. The highest BCUT2D eigenvalue weighted by molar-refractivity contribution is 7.13. The fourth-order valence-electron chi connectivity index (χ4n) is 2.87. The molecule has 2 N–H and O–H groups in total. The Labute approximate surface area is 140 Å². The highest BCUT2D eigenvalue weighted by Crippen LogP contribution is 2.27. The molecule has 0 bridgehead atoms. The first-order valence-electron chi connectivity index (χ1n) is 7.76. The monoisotopic (exact) mass is 331 g/mol. The first-order valence-corrected chi connectivity index (χ1v) is 8.64. The molecule has 1 aliphatic heterocycles. The van der Waals surface area contributed by atoms with Crippen LogP contribution in [0.25, 0.3) is 10.6 Å². The van der Waals surface area contributed by atoms with Crippen molar-refractivity contribution in [3.63, 3.8) is 0 Å². The fraction of sp³-hybridized carbons (Fsp3) is 0.412. The second kappa shape index (κ2) is 7.10. The number of ether oxygens (including phenoxy) is 1. The Bertz CT molecular complexity index is 678. The Morgan fingerprint density at radius 1 is 1.43 bits per heavy atom. The number of likely N-dealkylation sites (tertiary alicyclic amines) is 1. The van der Waals surface area contributed by atoms with Gasteiger partial charge in [-0.15, -0.1) is 11.3 Å². The number of rotatable bonds is 5. The van der Waals surface area contributed by atoms with Gasteiger partial charge in [0.2, 0.25) is 5.91 Å². The largest absolute Gasteiger partial charge is 0.497 e. The number of carbonyl (C=O) groups excluding carboxylic acids is 1. The van der Waals surface area contributed by atoms with Crippen molar-refractivity contribution in [1.82, 2.24) is 9.88 Å². The summed E-state index contributed by atoms with van der Waals surface area (Å²) in [6, 6.07) is 7.95. The van der Waals surface area contributed by atoms with E-state index in [1.807, 2.05) is 24.3 Å². The average molecular weight is 331 g/mol. The van der Waals surface area contributed by atoms with Crippen molar-refractivity contribution in [3.05, 3.63) is 35.3 Å². The molecule has 122 valence electrons. The molecule has 1 aromatic heterocycles. The number of aromatic nitrogens is 1. The van der Waals surface area contributed by atoms with Crippen LogP contribution in [0.2, 0.25) is 0 Å². The minimum absolute atomic E-state index is 0.0361. The summed E-state index contributed by atoms with van der Waals surface area (Å²) in [4.78, 5) is 18.3. The van der Waals surface area contributed by atoms with Gasteiger partial charge in [-0.2, -0.15) is 0 Å². The molecule has 2 aromatic rings. The van der Waals surface area contributed by atoms with Gasteiger partial charge in [0, 0.05) is 23.4 Å². The SMILES string of the molecule is COc1cccc(-c2nc(CN3CCC(C(N)=O)CC3)cs2)c1. The van der Waals surface area contributed by atoms with Crippen LogP contribution in [-0.4, -0.2) is 36.0 Å². The van der Waals surface area contributed by atoms with E-state index in [1.54, 1.807) is 18.4 Å². The lowest BCUT2D eigenvalue weighted by atomic mass is 9.96. The molecule has 1 aliphatic rings. The van der Waals surface area contributed by atoms with Crippen LogP contribution >= 0.6 is 11.3 Å². The van der Waals surface area contributed by atoms with E-state index in [2.05, 4.69) is 10.3 Å². The smallest absolute Gasteiger partial charge is 0.220 e. The minimum Gasteiger partial charge on any atom is -0.497 e. The highest BCUT2D eigenvalue weighted by Gasteiger charge is 2.23. The zero-order valence-corrected chi connectivity index (χ0v) is 14.0. The molecule has 6 heteroatoms. The summed E-state index contributed by atoms with van der Waals surface area (Å²) in [6.45, 7) is 2.63. The van der Waals surface area contributed by atoms with Gasteiger partial charge in [-0.05, 0) is 38.1 Å². The summed E-state index contributed by atoms with van der Waals surface area (Å²) in [5.74, 6) is 0.709. The van der Waals surface area contributed by atoms with Gasteiger partial charge in [-0.1, -0.05) is 12.1 Å². The third kappa shape index (κ3) is 3.89. The molecule has 0 aliphatic carbocycles. The molecule has 1 amide bonds. The molecular weight excluding hydrogens is 310 g/mol. The normalized spacial score (nSPS) is 16.4. The molecule has 5 nitrogen and oxygen atoms in total. The number of amides is 1. The number of nitrogens with two attached hydrogens (primary N) is 1. The van der Waals surface area contributed by atoms with Gasteiger partial charge in [-0.3, -0.25) is 9.69 Å². The van der Waals surface area contributed by atoms with Crippen molar-refractivity contribution in [2.75, 3.05) is 20.2 Å². The summed E-state index contributed by atoms with van der Waals surface area (Å²) in [7, 11) is 1.67. The molecular formula is C17H21N3O2S. The maximum Gasteiger partial charge on any atom is 0.220 e. The van der Waals surface area contributed by atoms with Gasteiger partial charge in [0.15, 0.2) is 0 Å². The summed E-state index contributed by atoms with van der Waals surface area (Å²) >= 11 is 1.65. The van der Waals surface area contributed by atoms with Crippen LogP contribution in [0.5, 0.6) is 5.75 Å². The fourth-order valence-corrected chi connectivity index (χ4v) is 3.68. The zero-order chi connectivity index (χ0) is 16.2. The van der Waals surface area contributed by atoms with E-state index < -0.39 is 0 Å². The van der Waals surface area contributed by atoms with E-state index >= 15 is 0 Å². The Morgan fingerprint density at radius 2 is 2.22 bits per heavy atom. The predicted octanol–water partition coefficient (Wildman–Crippen LogP) is 2.52. The maximum atomic E-state index is 11.2. The lowest BCUT2D eigenvalue weighted by molar-refractivity contribution is -0.123. The molecule has 0 spiro atoms. The second-order valence-electron chi connectivity index (χ2n) is 5.83. The van der Waals surface area contributed by atoms with Gasteiger partial charge in [-0.25, -0.2) is 4.98 Å². The number of nitrogens with zero attached hydrogens (tertiary/aromatic N) is 2. The molecule has 0 saturated carbocycles. The van der Waals surface area contributed by atoms with Crippen LogP contribution in [0.1, 0.15) is 18.5 Å². The first kappa shape index (κ1) is 16.0. The van der Waals surface area contributed by atoms with E-state index in [0.29, 0.717) is 0 Å². The van der Waals surface area contributed by atoms with Crippen LogP contribution in [0.3, 0.4) is 0 Å². The number of thiazole rings is 1. The van der Waals surface area contributed by atoms with Crippen molar-refractivity contribution < 1.29 is 9.53 Å². The van der Waals surface area contributed by atoms with Gasteiger partial charge >= 0.3 is 0 Å². The molecule has 0 radical (unpaired) electrons. The second-order valence-corrected chi connectivity index (χ2v) is 6.69. The zero-order valence-electron chi connectivity index (χ0n) is 13.2. The predicted molar refractivity (Wildman–Crippen MR) is 91.3 cm³/mol. The van der Waals surface area contributed by atoms with E-state index in [0.717, 1.165) is 54.5 Å². The van der Waals surface area contributed by atoms with Crippen molar-refractivity contribution in [3.8, 4) is 16.3 Å². The third-order valence-electron chi connectivity index (χ3n) is 4.24. The van der Waals surface area contributed by atoms with Gasteiger partial charge in [0.05, 0.1) is 12.8 Å². The lowest BCUT2D eigenvalue weighted by Gasteiger charge is -2.29. The Kier molecular flexibility index (Phi) is 4.93. The maximum absolute atomic E-state index is 11.2. The summed E-state index contributed by atoms with van der Waals surface area (Å²) in [5, 5.41) is 3.11. The molecule has 1 aromatic carbocycles. The summed E-state index contributed by atoms with van der Waals surface area (Å²) in [6.07, 6.45) is 1.70. The topological polar surface area (TPSA) is 68.4 Å². The van der Waals surface area contributed by atoms with Gasteiger partial charge in [0.25, 0.3) is 0 Å². The van der Waals surface area contributed by atoms with Crippen molar-refractivity contribution in [2.45, 2.75) is 19.4 Å². The summed E-state index contributed by atoms with van der Waals surface area (Å²) < 4.78 is 5.26. The number of hydrogen-bond donors (Lipinski definition) is 1. The molecule has 2 heterocycles. The highest BCUT2D eigenvalue weighted by atomic mass is 32.1. The van der Waals surface area contributed by atoms with E-state index in [4.69, 9.17) is 15.5 Å². The van der Waals surface area contributed by atoms with Gasteiger partial charge < -0.3 is 10.5 Å². The molecule has 3 rings (SSSR count). The van der Waals surface area contributed by atoms with Crippen molar-refractivity contribution in [1.29, 1.82) is 0 Å². The first-order chi connectivity index (χ1) is 11.2. The molecule has 0 unspecified atom stereocenters. The van der Waals surface area contributed by atoms with Gasteiger partial charge in [0.1, 0.15) is 10.8 Å². The molecule has 1 fully saturated rings. The molecule has 0 atom stereocenters. The number of carbonyl (C=O) groups is 1. The third-order valence-corrected chi connectivity index (χ3v) is 5.18. The Morgan fingerprint density at radius 3 is 2.91 bits per heavy atom. The van der Waals surface area contributed by atoms with Crippen LogP contribution in [-0.2, 0) is 11.3 Å². The van der Waals surface area contributed by atoms with Crippen LogP contribution < -0.4 is 10.5 Å². The van der Waals surface area contributed by atoms with Crippen LogP contribution in [0.4, 0.5) is 0 Å². The van der Waals surface area contributed by atoms with Crippen LogP contribution in [0, 0.1) is 5.92 Å². The van der Waals surface area contributed by atoms with E-state index in [1.165, 1.54) is 0 Å². The molecule has 23 heavy (non-hydrogen) atoms. The quantitative estimate of drug-likeness (QED) is 0.914. The minimum atomic E-state index is -0.168. The van der Waals surface area contributed by atoms with Crippen LogP contribution in [0.15, 0.2) is 29.6 Å². The Balaban J connectivity index is 1.62. The standard InChI is InChI=1S/C17H21N3O2S/c1-22-15-4-2-3-13(9-15)17-19-14(11-23-17)10-20-7-5-12(6-8-20)16(18)21/h2-4,9,11-12H,5-8,10H2,1H3,(H2,18,21). The summed E-state index contributed by atoms with van der Waals surface area (Å²) in [5.41, 5.74) is 7.53. The number of hydrogen-bond acceptors (Lipinski definition) is 5. The number of benzene rings is 1. The average Bonchev–Trinajstić information content (AvgIpc) is 3.04. The van der Waals surface area contributed by atoms with Crippen molar-refractivity contribution >= 4 is 17.2 Å². The Hall–Kier alpha value is -1.92. The van der Waals surface area contributed by atoms with E-state index in [-0.39, 0.29) is 11.8 Å². The number of primary amides is 1. The number of piperidine rings is 1. The molecule has 1 saturated heterocycles. The van der Waals surface area contributed by atoms with E-state index in [9.17, 15) is 4.79 Å². The number of methoxy groups -OCH3 is 1. The van der Waals surface area contributed by atoms with Crippen molar-refractivity contribution in [2.24, 2.45) is 11.7 Å².